The van der Waals surface area contributed by atoms with Crippen molar-refractivity contribution >= 4 is 21.7 Å². The first-order chi connectivity index (χ1) is 12.5. The van der Waals surface area contributed by atoms with E-state index in [9.17, 15) is 8.78 Å². The van der Waals surface area contributed by atoms with E-state index in [0.29, 0.717) is 16.8 Å². The van der Waals surface area contributed by atoms with E-state index in [0.717, 1.165) is 30.8 Å². The Hall–Kier alpha value is -1.93. The molecule has 1 aliphatic rings. The van der Waals surface area contributed by atoms with Gasteiger partial charge in [0.25, 0.3) is 5.78 Å². The first-order valence-electron chi connectivity index (χ1n) is 8.54. The van der Waals surface area contributed by atoms with E-state index in [1.165, 1.54) is 18.5 Å². The first kappa shape index (κ1) is 17.5. The van der Waals surface area contributed by atoms with Gasteiger partial charge in [0.2, 0.25) is 0 Å². The first-order valence-corrected chi connectivity index (χ1v) is 9.33. The van der Waals surface area contributed by atoms with Crippen LogP contribution in [0.4, 0.5) is 8.78 Å². The third-order valence-corrected chi connectivity index (χ3v) is 5.28. The number of aromatic nitrogens is 4. The summed E-state index contributed by atoms with van der Waals surface area (Å²) in [6.45, 7) is 3.72. The van der Waals surface area contributed by atoms with Crippen molar-refractivity contribution in [1.82, 2.24) is 24.5 Å². The Balaban J connectivity index is 1.59. The lowest BCUT2D eigenvalue weighted by Gasteiger charge is -2.33. The minimum Gasteiger partial charge on any atom is -0.298 e. The summed E-state index contributed by atoms with van der Waals surface area (Å²) < 4.78 is 30.5. The van der Waals surface area contributed by atoms with Crippen LogP contribution in [0.2, 0.25) is 0 Å². The molecule has 8 heteroatoms. The summed E-state index contributed by atoms with van der Waals surface area (Å²) in [6, 6.07) is 4.65. The number of fused-ring (bicyclic) bond motifs is 1. The van der Waals surface area contributed by atoms with Gasteiger partial charge in [0.05, 0.1) is 5.69 Å². The van der Waals surface area contributed by atoms with Crippen molar-refractivity contribution in [3.05, 3.63) is 57.6 Å². The third kappa shape index (κ3) is 3.35. The van der Waals surface area contributed by atoms with Crippen LogP contribution in [0.15, 0.2) is 29.0 Å². The maximum Gasteiger partial charge on any atom is 0.252 e. The number of benzene rings is 1. The van der Waals surface area contributed by atoms with Crippen LogP contribution in [-0.2, 0) is 6.54 Å². The van der Waals surface area contributed by atoms with Crippen LogP contribution in [0.3, 0.4) is 0 Å². The Kier molecular flexibility index (Phi) is 4.71. The van der Waals surface area contributed by atoms with Crippen molar-refractivity contribution in [3.63, 3.8) is 0 Å². The second kappa shape index (κ2) is 7.00. The largest absolute Gasteiger partial charge is 0.298 e. The molecule has 5 nitrogen and oxygen atoms in total. The Morgan fingerprint density at radius 2 is 2.00 bits per heavy atom. The number of aryl methyl sites for hydroxylation is 1. The van der Waals surface area contributed by atoms with Gasteiger partial charge in [-0.3, -0.25) is 4.90 Å². The molecule has 1 atom stereocenters. The summed E-state index contributed by atoms with van der Waals surface area (Å²) in [5.74, 6) is -0.229. The monoisotopic (exact) mass is 421 g/mol. The molecule has 0 bridgehead atoms. The zero-order valence-corrected chi connectivity index (χ0v) is 15.9. The molecule has 3 heterocycles. The lowest BCUT2D eigenvalue weighted by Crippen LogP contribution is -2.35. The van der Waals surface area contributed by atoms with Crippen LogP contribution in [-0.4, -0.2) is 37.6 Å². The molecule has 0 saturated carbocycles. The standard InChI is InChI=1S/C18H18BrF2N5/c1-11-5-17(26-18(24-11)22-10-23-26)12-3-2-4-25(8-12)9-14-15(20)6-13(19)7-16(14)21/h5-7,10,12H,2-4,8-9H2,1H3. The number of hydrogen-bond donors (Lipinski definition) is 0. The summed E-state index contributed by atoms with van der Waals surface area (Å²) in [5.41, 5.74) is 2.06. The minimum absolute atomic E-state index is 0.116. The molecule has 0 radical (unpaired) electrons. The van der Waals surface area contributed by atoms with Crippen LogP contribution in [0.25, 0.3) is 5.78 Å². The maximum absolute atomic E-state index is 14.2. The fourth-order valence-electron chi connectivity index (χ4n) is 3.64. The highest BCUT2D eigenvalue weighted by Crippen LogP contribution is 2.29. The zero-order valence-electron chi connectivity index (χ0n) is 14.3. The average Bonchev–Trinajstić information content (AvgIpc) is 3.06. The van der Waals surface area contributed by atoms with E-state index in [2.05, 4.69) is 35.9 Å². The van der Waals surface area contributed by atoms with E-state index in [1.54, 1.807) is 4.52 Å². The van der Waals surface area contributed by atoms with Crippen LogP contribution in [0, 0.1) is 18.6 Å². The predicted molar refractivity (Wildman–Crippen MR) is 96.8 cm³/mol. The number of hydrogen-bond acceptors (Lipinski definition) is 4. The topological polar surface area (TPSA) is 46.3 Å². The molecule has 1 aromatic carbocycles. The lowest BCUT2D eigenvalue weighted by molar-refractivity contribution is 0.193. The minimum atomic E-state index is -0.516. The van der Waals surface area contributed by atoms with Gasteiger partial charge in [0.1, 0.15) is 18.0 Å². The molecule has 1 fully saturated rings. The summed E-state index contributed by atoms with van der Waals surface area (Å²) in [7, 11) is 0. The summed E-state index contributed by atoms with van der Waals surface area (Å²) in [4.78, 5) is 10.7. The van der Waals surface area contributed by atoms with Crippen LogP contribution >= 0.6 is 15.9 Å². The van der Waals surface area contributed by atoms with Gasteiger partial charge < -0.3 is 0 Å². The normalized spacial score (nSPS) is 18.5. The fourth-order valence-corrected chi connectivity index (χ4v) is 4.04. The SMILES string of the molecule is Cc1cc(C2CCCN(Cc3c(F)cc(Br)cc3F)C2)n2ncnc2n1. The predicted octanol–water partition coefficient (Wildman–Crippen LogP) is 3.85. The lowest BCUT2D eigenvalue weighted by atomic mass is 9.93. The molecule has 2 aromatic heterocycles. The summed E-state index contributed by atoms with van der Waals surface area (Å²) in [6.07, 6.45) is 3.46. The molecule has 4 rings (SSSR count). The molecule has 3 aromatic rings. The number of likely N-dealkylation sites (tertiary alicyclic amines) is 1. The Morgan fingerprint density at radius 3 is 2.77 bits per heavy atom. The maximum atomic E-state index is 14.2. The molecule has 26 heavy (non-hydrogen) atoms. The zero-order chi connectivity index (χ0) is 18.3. The van der Waals surface area contributed by atoms with Gasteiger partial charge in [0.15, 0.2) is 0 Å². The number of halogens is 3. The third-order valence-electron chi connectivity index (χ3n) is 4.82. The van der Waals surface area contributed by atoms with Crippen molar-refractivity contribution < 1.29 is 8.78 Å². The molecular formula is C18H18BrF2N5. The van der Waals surface area contributed by atoms with Crippen molar-refractivity contribution in [2.24, 2.45) is 0 Å². The Labute approximate surface area is 158 Å². The van der Waals surface area contributed by atoms with Gasteiger partial charge in [-0.05, 0) is 44.5 Å². The van der Waals surface area contributed by atoms with E-state index >= 15 is 0 Å². The van der Waals surface area contributed by atoms with Crippen molar-refractivity contribution in [2.45, 2.75) is 32.2 Å². The Bertz CT molecular complexity index is 935. The second-order valence-corrected chi connectivity index (χ2v) is 7.63. The van der Waals surface area contributed by atoms with Gasteiger partial charge in [-0.15, -0.1) is 0 Å². The van der Waals surface area contributed by atoms with Crippen molar-refractivity contribution in [2.75, 3.05) is 13.1 Å². The smallest absolute Gasteiger partial charge is 0.252 e. The van der Waals surface area contributed by atoms with Gasteiger partial charge >= 0.3 is 0 Å². The van der Waals surface area contributed by atoms with Crippen molar-refractivity contribution in [3.8, 4) is 0 Å². The Morgan fingerprint density at radius 1 is 1.23 bits per heavy atom. The van der Waals surface area contributed by atoms with E-state index in [4.69, 9.17) is 0 Å². The molecular weight excluding hydrogens is 404 g/mol. The molecule has 1 aliphatic heterocycles. The van der Waals surface area contributed by atoms with Gasteiger partial charge in [-0.1, -0.05) is 15.9 Å². The van der Waals surface area contributed by atoms with Crippen LogP contribution < -0.4 is 0 Å². The summed E-state index contributed by atoms with van der Waals surface area (Å²) >= 11 is 3.12. The van der Waals surface area contributed by atoms with Crippen LogP contribution in [0.5, 0.6) is 0 Å². The molecule has 0 amide bonds. The van der Waals surface area contributed by atoms with E-state index in [1.807, 2.05) is 13.0 Å². The molecule has 1 unspecified atom stereocenters. The highest BCUT2D eigenvalue weighted by Gasteiger charge is 2.26. The second-order valence-electron chi connectivity index (χ2n) is 6.72. The molecule has 0 N–H and O–H groups in total. The highest BCUT2D eigenvalue weighted by molar-refractivity contribution is 9.10. The molecule has 0 aliphatic carbocycles. The number of nitrogens with zero attached hydrogens (tertiary/aromatic N) is 5. The summed E-state index contributed by atoms with van der Waals surface area (Å²) in [5, 5.41) is 4.28. The molecule has 0 spiro atoms. The van der Waals surface area contributed by atoms with Crippen molar-refractivity contribution in [1.29, 1.82) is 0 Å². The number of rotatable bonds is 3. The van der Waals surface area contributed by atoms with Gasteiger partial charge in [-0.25, -0.2) is 18.3 Å². The average molecular weight is 422 g/mol. The van der Waals surface area contributed by atoms with E-state index in [-0.39, 0.29) is 18.0 Å². The van der Waals surface area contributed by atoms with Gasteiger partial charge in [0, 0.05) is 34.7 Å². The fraction of sp³-hybridized carbons (Fsp3) is 0.389. The quantitative estimate of drug-likeness (QED) is 0.644. The molecule has 1 saturated heterocycles. The molecule has 136 valence electrons. The van der Waals surface area contributed by atoms with Crippen LogP contribution in [0.1, 0.15) is 35.7 Å². The highest BCUT2D eigenvalue weighted by atomic mass is 79.9. The van der Waals surface area contributed by atoms with Gasteiger partial charge in [-0.2, -0.15) is 10.1 Å². The van der Waals surface area contributed by atoms with E-state index < -0.39 is 11.6 Å². The number of piperidine rings is 1.